The SMILES string of the molecule is CC1=CC(=O)CC(C)(C)[C@@H]1O[C@@H]1O[C@H](CO)[C@@H](O)[C@H](O)[C@H]1O. The van der Waals surface area contributed by atoms with Gasteiger partial charge in [-0.1, -0.05) is 13.8 Å². The van der Waals surface area contributed by atoms with E-state index in [-0.39, 0.29) is 5.78 Å². The molecule has 0 spiro atoms. The average Bonchev–Trinajstić information content (AvgIpc) is 2.41. The molecule has 7 nitrogen and oxygen atoms in total. The third-order valence-corrected chi connectivity index (χ3v) is 4.26. The average molecular weight is 316 g/mol. The van der Waals surface area contributed by atoms with Gasteiger partial charge in [-0.05, 0) is 18.6 Å². The van der Waals surface area contributed by atoms with Gasteiger partial charge in [-0.3, -0.25) is 4.79 Å². The molecule has 0 unspecified atom stereocenters. The lowest BCUT2D eigenvalue weighted by Gasteiger charge is -2.44. The van der Waals surface area contributed by atoms with Crippen LogP contribution in [0.4, 0.5) is 0 Å². The molecule has 4 N–H and O–H groups in total. The monoisotopic (exact) mass is 316 g/mol. The fourth-order valence-corrected chi connectivity index (χ4v) is 3.14. The lowest BCUT2D eigenvalue weighted by Crippen LogP contribution is -2.60. The highest BCUT2D eigenvalue weighted by Gasteiger charge is 2.47. The summed E-state index contributed by atoms with van der Waals surface area (Å²) >= 11 is 0. The summed E-state index contributed by atoms with van der Waals surface area (Å²) in [4.78, 5) is 11.7. The van der Waals surface area contributed by atoms with E-state index in [0.29, 0.717) is 12.0 Å². The van der Waals surface area contributed by atoms with Gasteiger partial charge in [-0.15, -0.1) is 0 Å². The van der Waals surface area contributed by atoms with Gasteiger partial charge in [0, 0.05) is 11.8 Å². The van der Waals surface area contributed by atoms with E-state index in [4.69, 9.17) is 9.47 Å². The predicted octanol–water partition coefficient (Wildman–Crippen LogP) is -0.883. The molecule has 0 aromatic carbocycles. The molecular formula is C15H24O7. The van der Waals surface area contributed by atoms with Crippen LogP contribution in [0.2, 0.25) is 0 Å². The number of carbonyl (C=O) groups excluding carboxylic acids is 1. The molecule has 7 heteroatoms. The molecule has 0 radical (unpaired) electrons. The van der Waals surface area contributed by atoms with Crippen molar-refractivity contribution in [3.8, 4) is 0 Å². The minimum atomic E-state index is -1.48. The first-order chi connectivity index (χ1) is 10.2. The lowest BCUT2D eigenvalue weighted by molar-refractivity contribution is -0.315. The second-order valence-corrected chi connectivity index (χ2v) is 6.73. The van der Waals surface area contributed by atoms with Gasteiger partial charge in [0.25, 0.3) is 0 Å². The van der Waals surface area contributed by atoms with Crippen molar-refractivity contribution in [2.24, 2.45) is 5.41 Å². The maximum Gasteiger partial charge on any atom is 0.187 e. The Bertz CT molecular complexity index is 457. The Morgan fingerprint density at radius 3 is 2.45 bits per heavy atom. The molecule has 1 saturated heterocycles. The van der Waals surface area contributed by atoms with Crippen molar-refractivity contribution in [3.63, 3.8) is 0 Å². The van der Waals surface area contributed by atoms with Crippen LogP contribution in [-0.2, 0) is 14.3 Å². The van der Waals surface area contributed by atoms with E-state index in [2.05, 4.69) is 0 Å². The molecule has 1 heterocycles. The van der Waals surface area contributed by atoms with E-state index in [0.717, 1.165) is 0 Å². The molecule has 22 heavy (non-hydrogen) atoms. The molecule has 2 rings (SSSR count). The Morgan fingerprint density at radius 1 is 1.27 bits per heavy atom. The highest BCUT2D eigenvalue weighted by atomic mass is 16.7. The number of hydrogen-bond acceptors (Lipinski definition) is 7. The molecule has 0 amide bonds. The predicted molar refractivity (Wildman–Crippen MR) is 75.8 cm³/mol. The third-order valence-electron chi connectivity index (χ3n) is 4.26. The number of ether oxygens (including phenoxy) is 2. The Labute approximate surface area is 129 Å². The highest BCUT2D eigenvalue weighted by Crippen LogP contribution is 2.38. The van der Waals surface area contributed by atoms with Gasteiger partial charge in [0.05, 0.1) is 12.7 Å². The second kappa shape index (κ2) is 6.35. The van der Waals surface area contributed by atoms with Crippen LogP contribution in [0.1, 0.15) is 27.2 Å². The van der Waals surface area contributed by atoms with E-state index in [1.54, 1.807) is 6.92 Å². The largest absolute Gasteiger partial charge is 0.394 e. The Kier molecular flexibility index (Phi) is 5.06. The summed E-state index contributed by atoms with van der Waals surface area (Å²) in [6.45, 7) is 4.99. The van der Waals surface area contributed by atoms with Crippen molar-refractivity contribution in [2.45, 2.75) is 64.0 Å². The second-order valence-electron chi connectivity index (χ2n) is 6.73. The molecule has 0 bridgehead atoms. The molecule has 0 aromatic heterocycles. The molecular weight excluding hydrogens is 292 g/mol. The summed E-state index contributed by atoms with van der Waals surface area (Å²) in [7, 11) is 0. The van der Waals surface area contributed by atoms with Crippen molar-refractivity contribution in [1.29, 1.82) is 0 Å². The van der Waals surface area contributed by atoms with Gasteiger partial charge in [0.15, 0.2) is 12.1 Å². The molecule has 1 fully saturated rings. The van der Waals surface area contributed by atoms with Crippen LogP contribution in [0, 0.1) is 5.41 Å². The first-order valence-electron chi connectivity index (χ1n) is 7.34. The molecule has 2 aliphatic rings. The zero-order valence-electron chi connectivity index (χ0n) is 13.0. The fourth-order valence-electron chi connectivity index (χ4n) is 3.14. The van der Waals surface area contributed by atoms with Gasteiger partial charge in [0.1, 0.15) is 24.4 Å². The van der Waals surface area contributed by atoms with Crippen LogP contribution < -0.4 is 0 Å². The zero-order valence-corrected chi connectivity index (χ0v) is 13.0. The minimum absolute atomic E-state index is 0.0103. The third kappa shape index (κ3) is 3.24. The van der Waals surface area contributed by atoms with Crippen molar-refractivity contribution in [3.05, 3.63) is 11.6 Å². The van der Waals surface area contributed by atoms with E-state index < -0.39 is 48.8 Å². The van der Waals surface area contributed by atoms with Crippen LogP contribution in [0.15, 0.2) is 11.6 Å². The van der Waals surface area contributed by atoms with Crippen LogP contribution in [0.3, 0.4) is 0 Å². The number of rotatable bonds is 3. The lowest BCUT2D eigenvalue weighted by atomic mass is 9.74. The van der Waals surface area contributed by atoms with E-state index in [9.17, 15) is 25.2 Å². The van der Waals surface area contributed by atoms with Crippen molar-refractivity contribution < 1.29 is 34.7 Å². The normalized spacial score (nSPS) is 42.1. The molecule has 126 valence electrons. The molecule has 0 saturated carbocycles. The molecule has 0 aromatic rings. The Morgan fingerprint density at radius 2 is 1.91 bits per heavy atom. The van der Waals surface area contributed by atoms with Crippen LogP contribution >= 0.6 is 0 Å². The molecule has 1 aliphatic carbocycles. The summed E-state index contributed by atoms with van der Waals surface area (Å²) in [5.74, 6) is 0.0103. The topological polar surface area (TPSA) is 116 Å². The number of ketones is 1. The number of allylic oxidation sites excluding steroid dienone is 1. The van der Waals surface area contributed by atoms with Gasteiger partial charge < -0.3 is 29.9 Å². The maximum atomic E-state index is 11.7. The van der Waals surface area contributed by atoms with Crippen molar-refractivity contribution in [2.75, 3.05) is 6.61 Å². The van der Waals surface area contributed by atoms with Crippen LogP contribution in [0.5, 0.6) is 0 Å². The summed E-state index contributed by atoms with van der Waals surface area (Å²) in [5, 5.41) is 38.8. The zero-order chi connectivity index (χ0) is 16.7. The quantitative estimate of drug-likeness (QED) is 0.534. The highest BCUT2D eigenvalue weighted by molar-refractivity contribution is 5.92. The summed E-state index contributed by atoms with van der Waals surface area (Å²) in [6, 6.07) is 0. The van der Waals surface area contributed by atoms with Crippen LogP contribution in [-0.4, -0.2) is 69.6 Å². The van der Waals surface area contributed by atoms with Crippen molar-refractivity contribution >= 4 is 5.78 Å². The van der Waals surface area contributed by atoms with Gasteiger partial charge >= 0.3 is 0 Å². The number of carbonyl (C=O) groups is 1. The number of hydrogen-bond donors (Lipinski definition) is 4. The maximum absolute atomic E-state index is 11.7. The first kappa shape index (κ1) is 17.5. The van der Waals surface area contributed by atoms with Crippen molar-refractivity contribution in [1.82, 2.24) is 0 Å². The minimum Gasteiger partial charge on any atom is -0.394 e. The van der Waals surface area contributed by atoms with Gasteiger partial charge in [0.2, 0.25) is 0 Å². The van der Waals surface area contributed by atoms with E-state index in [1.165, 1.54) is 6.08 Å². The molecule has 6 atom stereocenters. The number of aliphatic hydroxyl groups is 4. The fraction of sp³-hybridized carbons (Fsp3) is 0.800. The Hall–Kier alpha value is -0.830. The van der Waals surface area contributed by atoms with Crippen LogP contribution in [0.25, 0.3) is 0 Å². The van der Waals surface area contributed by atoms with E-state index >= 15 is 0 Å². The molecule has 1 aliphatic heterocycles. The standard InChI is InChI=1S/C15H24O7/c1-7-4-8(17)5-15(2,3)13(7)22-14-12(20)11(19)10(18)9(6-16)21-14/h4,9-14,16,18-20H,5-6H2,1-3H3/t9-,10-,11+,12-,13-,14+/m1/s1. The summed E-state index contributed by atoms with van der Waals surface area (Å²) in [5.41, 5.74) is 0.215. The number of aliphatic hydroxyl groups excluding tert-OH is 4. The van der Waals surface area contributed by atoms with Gasteiger partial charge in [-0.25, -0.2) is 0 Å². The smallest absolute Gasteiger partial charge is 0.187 e. The first-order valence-corrected chi connectivity index (χ1v) is 7.34. The van der Waals surface area contributed by atoms with Gasteiger partial charge in [-0.2, -0.15) is 0 Å². The summed E-state index contributed by atoms with van der Waals surface area (Å²) < 4.78 is 11.2. The summed E-state index contributed by atoms with van der Waals surface area (Å²) in [6.07, 6.45) is -5.24. The van der Waals surface area contributed by atoms with E-state index in [1.807, 2.05) is 13.8 Å². The Balaban J connectivity index is 2.18.